The molecule has 0 radical (unpaired) electrons. The van der Waals surface area contributed by atoms with E-state index in [2.05, 4.69) is 0 Å². The van der Waals surface area contributed by atoms with Gasteiger partial charge in [0, 0.05) is 6.42 Å². The fourth-order valence-electron chi connectivity index (χ4n) is 3.03. The van der Waals surface area contributed by atoms with Crippen molar-refractivity contribution in [2.45, 2.75) is 51.9 Å². The number of ketones is 1. The Balaban J connectivity index is 2.22. The highest BCUT2D eigenvalue weighted by atomic mass is 16.5. The zero-order valence-corrected chi connectivity index (χ0v) is 9.96. The first-order valence-corrected chi connectivity index (χ1v) is 6.42. The Morgan fingerprint density at radius 2 is 2.12 bits per heavy atom. The number of hydrogen-bond acceptors (Lipinski definition) is 3. The van der Waals surface area contributed by atoms with E-state index in [0.717, 1.165) is 38.5 Å². The lowest BCUT2D eigenvalue weighted by molar-refractivity contribution is -0.169. The number of ether oxygens (including phenoxy) is 1. The maximum Gasteiger partial charge on any atom is 0.319 e. The molecule has 0 N–H and O–H groups in total. The normalized spacial score (nSPS) is 30.9. The molecule has 3 heteroatoms. The number of Topliss-reactive ketones (excluding diaryl/α,β-unsaturated/α-hetero) is 1. The molecule has 0 heterocycles. The Kier molecular flexibility index (Phi) is 3.31. The van der Waals surface area contributed by atoms with Crippen molar-refractivity contribution in [3.05, 3.63) is 0 Å². The molecule has 90 valence electrons. The number of hydrogen-bond donors (Lipinski definition) is 0. The predicted molar refractivity (Wildman–Crippen MR) is 59.9 cm³/mol. The quantitative estimate of drug-likeness (QED) is 0.546. The van der Waals surface area contributed by atoms with E-state index in [4.69, 9.17) is 4.74 Å². The first kappa shape index (κ1) is 11.6. The van der Waals surface area contributed by atoms with Gasteiger partial charge in [0.05, 0.1) is 6.61 Å². The summed E-state index contributed by atoms with van der Waals surface area (Å²) in [7, 11) is 0. The summed E-state index contributed by atoms with van der Waals surface area (Å²) >= 11 is 0. The first-order valence-electron chi connectivity index (χ1n) is 6.42. The summed E-state index contributed by atoms with van der Waals surface area (Å²) in [5.74, 6) is 0.158. The van der Waals surface area contributed by atoms with Crippen LogP contribution in [0.15, 0.2) is 0 Å². The van der Waals surface area contributed by atoms with Gasteiger partial charge in [-0.1, -0.05) is 12.8 Å². The van der Waals surface area contributed by atoms with Crippen LogP contribution in [0.1, 0.15) is 51.9 Å². The van der Waals surface area contributed by atoms with Crippen molar-refractivity contribution >= 4 is 11.8 Å². The van der Waals surface area contributed by atoms with E-state index >= 15 is 0 Å². The van der Waals surface area contributed by atoms with Gasteiger partial charge in [-0.15, -0.1) is 0 Å². The predicted octanol–water partition coefficient (Wildman–Crippen LogP) is 2.48. The van der Waals surface area contributed by atoms with Crippen molar-refractivity contribution in [3.63, 3.8) is 0 Å². The van der Waals surface area contributed by atoms with Gasteiger partial charge >= 0.3 is 5.97 Å². The van der Waals surface area contributed by atoms with Crippen LogP contribution in [0.3, 0.4) is 0 Å². The molecule has 0 spiro atoms. The van der Waals surface area contributed by atoms with Crippen LogP contribution in [0.25, 0.3) is 0 Å². The van der Waals surface area contributed by atoms with Crippen molar-refractivity contribution in [1.82, 2.24) is 0 Å². The number of esters is 1. The molecule has 2 saturated carbocycles. The maximum absolute atomic E-state index is 12.2. The van der Waals surface area contributed by atoms with Gasteiger partial charge in [0.15, 0.2) is 0 Å². The molecule has 1 unspecified atom stereocenters. The average Bonchev–Trinajstić information content (AvgIpc) is 2.19. The van der Waals surface area contributed by atoms with Crippen LogP contribution < -0.4 is 0 Å². The monoisotopic (exact) mass is 224 g/mol. The summed E-state index contributed by atoms with van der Waals surface area (Å²) in [6, 6.07) is 0. The van der Waals surface area contributed by atoms with Gasteiger partial charge in [-0.3, -0.25) is 9.59 Å². The van der Waals surface area contributed by atoms with Gasteiger partial charge in [0.2, 0.25) is 0 Å². The van der Waals surface area contributed by atoms with Crippen molar-refractivity contribution in [2.24, 2.45) is 11.3 Å². The van der Waals surface area contributed by atoms with Crippen LogP contribution in [0.2, 0.25) is 0 Å². The van der Waals surface area contributed by atoms with Crippen molar-refractivity contribution in [1.29, 1.82) is 0 Å². The van der Waals surface area contributed by atoms with E-state index in [1.807, 2.05) is 0 Å². The van der Waals surface area contributed by atoms with E-state index in [-0.39, 0.29) is 17.7 Å². The van der Waals surface area contributed by atoms with Gasteiger partial charge in [-0.05, 0) is 38.5 Å². The van der Waals surface area contributed by atoms with Gasteiger partial charge in [-0.2, -0.15) is 0 Å². The highest BCUT2D eigenvalue weighted by Crippen LogP contribution is 2.49. The van der Waals surface area contributed by atoms with Crippen LogP contribution in [0, 0.1) is 11.3 Å². The first-order chi connectivity index (χ1) is 7.71. The summed E-state index contributed by atoms with van der Waals surface area (Å²) in [5, 5.41) is 0. The van der Waals surface area contributed by atoms with E-state index in [9.17, 15) is 9.59 Å². The average molecular weight is 224 g/mol. The highest BCUT2D eigenvalue weighted by molar-refractivity contribution is 6.04. The van der Waals surface area contributed by atoms with Gasteiger partial charge in [0.1, 0.15) is 11.2 Å². The van der Waals surface area contributed by atoms with Crippen LogP contribution >= 0.6 is 0 Å². The van der Waals surface area contributed by atoms with Crippen LogP contribution in [0.4, 0.5) is 0 Å². The molecule has 2 aliphatic carbocycles. The number of carbonyl (C=O) groups excluding carboxylic acids is 2. The SMILES string of the molecule is CCOC(=O)C1(C2CCC2)CCCCC1=O. The number of rotatable bonds is 3. The molecule has 3 nitrogen and oxygen atoms in total. The lowest BCUT2D eigenvalue weighted by atomic mass is 9.58. The molecule has 0 saturated heterocycles. The lowest BCUT2D eigenvalue weighted by Gasteiger charge is -2.44. The third-order valence-corrected chi connectivity index (χ3v) is 4.16. The van der Waals surface area contributed by atoms with Gasteiger partial charge in [0.25, 0.3) is 0 Å². The van der Waals surface area contributed by atoms with E-state index in [1.165, 1.54) is 0 Å². The zero-order chi connectivity index (χ0) is 11.6. The molecule has 1 atom stereocenters. The van der Waals surface area contributed by atoms with E-state index < -0.39 is 5.41 Å². The topological polar surface area (TPSA) is 43.4 Å². The van der Waals surface area contributed by atoms with Gasteiger partial charge < -0.3 is 4.74 Å². The Bertz CT molecular complexity index is 294. The minimum atomic E-state index is -0.757. The highest BCUT2D eigenvalue weighted by Gasteiger charge is 2.54. The summed E-state index contributed by atoms with van der Waals surface area (Å²) in [6.07, 6.45) is 6.40. The molecular weight excluding hydrogens is 204 g/mol. The molecule has 2 aliphatic rings. The Morgan fingerprint density at radius 1 is 1.38 bits per heavy atom. The molecule has 0 amide bonds. The third kappa shape index (κ3) is 1.66. The van der Waals surface area contributed by atoms with E-state index in [1.54, 1.807) is 6.92 Å². The Labute approximate surface area is 96.5 Å². The zero-order valence-electron chi connectivity index (χ0n) is 9.96. The third-order valence-electron chi connectivity index (χ3n) is 4.16. The summed E-state index contributed by atoms with van der Waals surface area (Å²) < 4.78 is 5.15. The lowest BCUT2D eigenvalue weighted by Crippen LogP contribution is -2.50. The fraction of sp³-hybridized carbons (Fsp3) is 0.846. The Hall–Kier alpha value is -0.860. The summed E-state index contributed by atoms with van der Waals surface area (Å²) in [5.41, 5.74) is -0.757. The largest absolute Gasteiger partial charge is 0.465 e. The Morgan fingerprint density at radius 3 is 2.62 bits per heavy atom. The van der Waals surface area contributed by atoms with Crippen molar-refractivity contribution in [3.8, 4) is 0 Å². The molecule has 0 aromatic carbocycles. The molecule has 2 rings (SSSR count). The minimum absolute atomic E-state index is 0.141. The minimum Gasteiger partial charge on any atom is -0.465 e. The molecule has 0 aromatic heterocycles. The molecular formula is C13H20O3. The summed E-state index contributed by atoms with van der Waals surface area (Å²) in [6.45, 7) is 2.18. The number of carbonyl (C=O) groups is 2. The van der Waals surface area contributed by atoms with Gasteiger partial charge in [-0.25, -0.2) is 0 Å². The second kappa shape index (κ2) is 4.56. The molecule has 0 bridgehead atoms. The maximum atomic E-state index is 12.2. The second-order valence-corrected chi connectivity index (χ2v) is 4.95. The molecule has 0 aliphatic heterocycles. The van der Waals surface area contributed by atoms with E-state index in [0.29, 0.717) is 13.0 Å². The van der Waals surface area contributed by atoms with Crippen LogP contribution in [0.5, 0.6) is 0 Å². The fourth-order valence-corrected chi connectivity index (χ4v) is 3.03. The van der Waals surface area contributed by atoms with Crippen molar-refractivity contribution in [2.75, 3.05) is 6.61 Å². The van der Waals surface area contributed by atoms with Crippen LogP contribution in [-0.4, -0.2) is 18.4 Å². The second-order valence-electron chi connectivity index (χ2n) is 4.95. The molecule has 0 aromatic rings. The van der Waals surface area contributed by atoms with Crippen LogP contribution in [-0.2, 0) is 14.3 Å². The molecule has 2 fully saturated rings. The summed E-state index contributed by atoms with van der Waals surface area (Å²) in [4.78, 5) is 24.3. The standard InChI is InChI=1S/C13H20O3/c1-2-16-12(15)13(10-6-5-7-10)9-4-3-8-11(13)14/h10H,2-9H2,1H3. The van der Waals surface area contributed by atoms with Crippen molar-refractivity contribution < 1.29 is 14.3 Å². The smallest absolute Gasteiger partial charge is 0.319 e. The molecule has 16 heavy (non-hydrogen) atoms.